The van der Waals surface area contributed by atoms with Gasteiger partial charge in [0.15, 0.2) is 6.19 Å². The molecule has 0 saturated heterocycles. The molecule has 1 aliphatic heterocycles. The monoisotopic (exact) mass is 258 g/mol. The van der Waals surface area contributed by atoms with Gasteiger partial charge in [-0.05, 0) is 38.8 Å². The van der Waals surface area contributed by atoms with Crippen LogP contribution in [0.25, 0.3) is 0 Å². The van der Waals surface area contributed by atoms with Crippen molar-refractivity contribution in [2.45, 2.75) is 27.2 Å². The van der Waals surface area contributed by atoms with E-state index in [0.717, 1.165) is 29.9 Å². The Kier molecular flexibility index (Phi) is 5.87. The molecule has 0 aromatic heterocycles. The molecule has 0 spiro atoms. The van der Waals surface area contributed by atoms with Gasteiger partial charge < -0.3 is 10.2 Å². The molecule has 1 aliphatic rings. The average molecular weight is 258 g/mol. The minimum atomic E-state index is 0.651. The molecule has 1 N–H and O–H groups in total. The van der Waals surface area contributed by atoms with Gasteiger partial charge in [-0.25, -0.2) is 0 Å². The van der Waals surface area contributed by atoms with E-state index >= 15 is 0 Å². The maximum Gasteiger partial charge on any atom is 0.179 e. The second-order valence-corrected chi connectivity index (χ2v) is 4.61. The lowest BCUT2D eigenvalue weighted by molar-refractivity contribution is 0.412. The number of hydrogen-bond donors (Lipinski definition) is 1. The predicted octanol–water partition coefficient (Wildman–Crippen LogP) is 2.59. The highest BCUT2D eigenvalue weighted by Gasteiger charge is 2.17. The quantitative estimate of drug-likeness (QED) is 0.623. The summed E-state index contributed by atoms with van der Waals surface area (Å²) in [6.07, 6.45) is 8.94. The summed E-state index contributed by atoms with van der Waals surface area (Å²) in [7, 11) is 1.87. The lowest BCUT2D eigenvalue weighted by Gasteiger charge is -2.25. The minimum absolute atomic E-state index is 0.651. The molecule has 19 heavy (non-hydrogen) atoms. The second-order valence-electron chi connectivity index (χ2n) is 4.61. The van der Waals surface area contributed by atoms with Crippen molar-refractivity contribution >= 4 is 5.71 Å². The first-order valence-corrected chi connectivity index (χ1v) is 6.51. The molecule has 4 heteroatoms. The van der Waals surface area contributed by atoms with Crippen LogP contribution in [0.1, 0.15) is 27.2 Å². The smallest absolute Gasteiger partial charge is 0.179 e. The summed E-state index contributed by atoms with van der Waals surface area (Å²) in [5.74, 6) is 0. The van der Waals surface area contributed by atoms with Crippen molar-refractivity contribution in [2.75, 3.05) is 20.1 Å². The molecular weight excluding hydrogens is 236 g/mol. The molecule has 0 aliphatic carbocycles. The van der Waals surface area contributed by atoms with Gasteiger partial charge in [0.1, 0.15) is 0 Å². The van der Waals surface area contributed by atoms with Crippen LogP contribution in [0.2, 0.25) is 0 Å². The Hall–Kier alpha value is -2.02. The Morgan fingerprint density at radius 3 is 2.84 bits per heavy atom. The predicted molar refractivity (Wildman–Crippen MR) is 79.6 cm³/mol. The Labute approximate surface area is 115 Å². The van der Waals surface area contributed by atoms with E-state index in [2.05, 4.69) is 23.4 Å². The standard InChI is InChI=1S/C15H22N4/c1-5-6-15(18-9-13(3)17-4)14-10-19(11-16)8-7-12(14)2/h5-6,9,17H,7-8,10H2,1-4H3/b6-5+,13-9+,18-15-. The van der Waals surface area contributed by atoms with Crippen molar-refractivity contribution in [3.05, 3.63) is 35.2 Å². The van der Waals surface area contributed by atoms with E-state index in [0.29, 0.717) is 6.54 Å². The van der Waals surface area contributed by atoms with Gasteiger partial charge in [0.05, 0.1) is 12.3 Å². The van der Waals surface area contributed by atoms with Crippen LogP contribution in [0.15, 0.2) is 40.2 Å². The number of nitrogens with zero attached hydrogens (tertiary/aromatic N) is 3. The summed E-state index contributed by atoms with van der Waals surface area (Å²) >= 11 is 0. The van der Waals surface area contributed by atoms with E-state index in [9.17, 15) is 0 Å². The molecule has 0 unspecified atom stereocenters. The molecule has 0 atom stereocenters. The van der Waals surface area contributed by atoms with Crippen LogP contribution in [0, 0.1) is 11.5 Å². The van der Waals surface area contributed by atoms with Gasteiger partial charge in [0.2, 0.25) is 0 Å². The zero-order chi connectivity index (χ0) is 14.3. The summed E-state index contributed by atoms with van der Waals surface area (Å²) in [5.41, 5.74) is 4.42. The fourth-order valence-corrected chi connectivity index (χ4v) is 1.85. The van der Waals surface area contributed by atoms with Gasteiger partial charge in [0, 0.05) is 25.5 Å². The molecule has 0 aromatic rings. The number of nitrogens with one attached hydrogen (secondary N) is 1. The number of rotatable bonds is 4. The Morgan fingerprint density at radius 1 is 1.53 bits per heavy atom. The third-order valence-corrected chi connectivity index (χ3v) is 3.19. The van der Waals surface area contributed by atoms with Crippen LogP contribution in [0.5, 0.6) is 0 Å². The summed E-state index contributed by atoms with van der Waals surface area (Å²) in [5, 5.41) is 12.1. The normalized spacial score (nSPS) is 17.9. The molecule has 4 nitrogen and oxygen atoms in total. The van der Waals surface area contributed by atoms with Crippen LogP contribution in [0.4, 0.5) is 0 Å². The van der Waals surface area contributed by atoms with Crippen molar-refractivity contribution in [3.63, 3.8) is 0 Å². The first-order valence-electron chi connectivity index (χ1n) is 6.51. The first-order chi connectivity index (χ1) is 9.12. The van der Waals surface area contributed by atoms with Gasteiger partial charge in [-0.1, -0.05) is 11.6 Å². The van der Waals surface area contributed by atoms with Crippen LogP contribution in [-0.4, -0.2) is 30.7 Å². The molecule has 1 heterocycles. The van der Waals surface area contributed by atoms with Gasteiger partial charge in [-0.3, -0.25) is 4.99 Å². The van der Waals surface area contributed by atoms with E-state index in [1.165, 1.54) is 5.57 Å². The molecule has 0 saturated carbocycles. The Balaban J connectivity index is 3.09. The third kappa shape index (κ3) is 4.29. The second kappa shape index (κ2) is 7.42. The van der Waals surface area contributed by atoms with Crippen molar-refractivity contribution in [1.82, 2.24) is 10.2 Å². The van der Waals surface area contributed by atoms with Gasteiger partial charge in [-0.15, -0.1) is 0 Å². The number of nitriles is 1. The summed E-state index contributed by atoms with van der Waals surface area (Å²) in [4.78, 5) is 6.31. The van der Waals surface area contributed by atoms with Crippen molar-refractivity contribution in [1.29, 1.82) is 5.26 Å². The largest absolute Gasteiger partial charge is 0.390 e. The summed E-state index contributed by atoms with van der Waals surface area (Å²) < 4.78 is 0. The minimum Gasteiger partial charge on any atom is -0.390 e. The van der Waals surface area contributed by atoms with Gasteiger partial charge in [0.25, 0.3) is 0 Å². The van der Waals surface area contributed by atoms with E-state index in [-0.39, 0.29) is 0 Å². The van der Waals surface area contributed by atoms with E-state index < -0.39 is 0 Å². The van der Waals surface area contributed by atoms with E-state index in [1.807, 2.05) is 39.2 Å². The highest BCUT2D eigenvalue weighted by Crippen LogP contribution is 2.19. The fraction of sp³-hybridized carbons (Fsp3) is 0.467. The van der Waals surface area contributed by atoms with Crippen LogP contribution in [0.3, 0.4) is 0 Å². The molecule has 1 rings (SSSR count). The van der Waals surface area contributed by atoms with E-state index in [4.69, 9.17) is 5.26 Å². The van der Waals surface area contributed by atoms with Crippen molar-refractivity contribution < 1.29 is 0 Å². The highest BCUT2D eigenvalue weighted by atomic mass is 15.1. The molecule has 0 aromatic carbocycles. The van der Waals surface area contributed by atoms with Gasteiger partial charge in [-0.2, -0.15) is 5.26 Å². The fourth-order valence-electron chi connectivity index (χ4n) is 1.85. The van der Waals surface area contributed by atoms with E-state index in [1.54, 1.807) is 4.90 Å². The Bertz CT molecular complexity index is 475. The zero-order valence-corrected chi connectivity index (χ0v) is 12.2. The first kappa shape index (κ1) is 15.0. The van der Waals surface area contributed by atoms with Crippen molar-refractivity contribution in [2.24, 2.45) is 4.99 Å². The molecule has 102 valence electrons. The van der Waals surface area contributed by atoms with Crippen LogP contribution < -0.4 is 5.32 Å². The number of allylic oxidation sites excluding steroid dienone is 3. The lowest BCUT2D eigenvalue weighted by atomic mass is 9.97. The highest BCUT2D eigenvalue weighted by molar-refractivity contribution is 6.09. The molecule has 0 fully saturated rings. The summed E-state index contributed by atoms with van der Waals surface area (Å²) in [6, 6.07) is 0. The maximum absolute atomic E-state index is 9.04. The average Bonchev–Trinajstić information content (AvgIpc) is 2.43. The Morgan fingerprint density at radius 2 is 2.26 bits per heavy atom. The SMILES string of the molecule is C/C=C/C(=N/C=C(\C)NC)C1=C(C)CCN(C#N)C1. The molecule has 0 amide bonds. The van der Waals surface area contributed by atoms with Crippen LogP contribution in [-0.2, 0) is 0 Å². The molecule has 0 radical (unpaired) electrons. The third-order valence-electron chi connectivity index (χ3n) is 3.19. The van der Waals surface area contributed by atoms with Gasteiger partial charge >= 0.3 is 0 Å². The number of hydrogen-bond acceptors (Lipinski definition) is 4. The maximum atomic E-state index is 9.04. The summed E-state index contributed by atoms with van der Waals surface area (Å²) in [6.45, 7) is 7.53. The van der Waals surface area contributed by atoms with Crippen molar-refractivity contribution in [3.8, 4) is 6.19 Å². The molecular formula is C15H22N4. The lowest BCUT2D eigenvalue weighted by Crippen LogP contribution is -2.29. The topological polar surface area (TPSA) is 51.4 Å². The molecule has 0 bridgehead atoms. The zero-order valence-electron chi connectivity index (χ0n) is 12.2. The van der Waals surface area contributed by atoms with Crippen LogP contribution >= 0.6 is 0 Å². The number of aliphatic imine (C=N–C) groups is 1.